The van der Waals surface area contributed by atoms with E-state index in [1.165, 1.54) is 24.2 Å². The fraction of sp³-hybridized carbons (Fsp3) is 0.500. The maximum absolute atomic E-state index is 5.46. The highest BCUT2D eigenvalue weighted by Gasteiger charge is 2.22. The Morgan fingerprint density at radius 2 is 2.19 bits per heavy atom. The number of hydrogen-bond donors (Lipinski definition) is 1. The summed E-state index contributed by atoms with van der Waals surface area (Å²) in [7, 11) is 1.96. The first-order chi connectivity index (χ1) is 10.4. The number of nitrogens with one attached hydrogen (secondary N) is 1. The molecular formula is C16H21N3OS. The van der Waals surface area contributed by atoms with E-state index in [0.717, 1.165) is 24.6 Å². The van der Waals surface area contributed by atoms with E-state index in [-0.39, 0.29) is 6.04 Å². The average Bonchev–Trinajstić information content (AvgIpc) is 3.03. The van der Waals surface area contributed by atoms with Gasteiger partial charge in [0.15, 0.2) is 5.82 Å². The van der Waals surface area contributed by atoms with Crippen LogP contribution in [0.25, 0.3) is 0 Å². The van der Waals surface area contributed by atoms with Crippen LogP contribution in [0.3, 0.4) is 0 Å². The van der Waals surface area contributed by atoms with Crippen molar-refractivity contribution in [2.75, 3.05) is 12.8 Å². The molecule has 1 saturated heterocycles. The second-order valence-corrected chi connectivity index (χ2v) is 6.67. The predicted octanol–water partition coefficient (Wildman–Crippen LogP) is 3.53. The largest absolute Gasteiger partial charge is 0.339 e. The molecule has 2 heterocycles. The van der Waals surface area contributed by atoms with Gasteiger partial charge in [0.25, 0.3) is 0 Å². The number of nitrogens with zero attached hydrogens (tertiary/aromatic N) is 2. The molecule has 1 aliphatic heterocycles. The van der Waals surface area contributed by atoms with Crippen LogP contribution in [0, 0.1) is 0 Å². The van der Waals surface area contributed by atoms with Crippen LogP contribution in [0.15, 0.2) is 34.9 Å². The lowest BCUT2D eigenvalue weighted by atomic mass is 10.0. The second kappa shape index (κ2) is 7.09. The first-order valence-electron chi connectivity index (χ1n) is 7.53. The van der Waals surface area contributed by atoms with E-state index in [1.54, 1.807) is 0 Å². The number of thioether (sulfide) groups is 1. The molecule has 2 aromatic rings. The highest BCUT2D eigenvalue weighted by atomic mass is 32.2. The third-order valence-corrected chi connectivity index (χ3v) is 5.25. The van der Waals surface area contributed by atoms with Crippen molar-refractivity contribution in [3.8, 4) is 0 Å². The summed E-state index contributed by atoms with van der Waals surface area (Å²) < 4.78 is 5.46. The third-order valence-electron chi connectivity index (χ3n) is 3.88. The van der Waals surface area contributed by atoms with Crippen LogP contribution in [0.4, 0.5) is 0 Å². The van der Waals surface area contributed by atoms with E-state index in [4.69, 9.17) is 4.52 Å². The van der Waals surface area contributed by atoms with Crippen molar-refractivity contribution in [2.45, 2.75) is 37.0 Å². The van der Waals surface area contributed by atoms with E-state index < -0.39 is 0 Å². The van der Waals surface area contributed by atoms with Crippen LogP contribution in [0.5, 0.6) is 0 Å². The zero-order valence-corrected chi connectivity index (χ0v) is 13.1. The van der Waals surface area contributed by atoms with E-state index in [9.17, 15) is 0 Å². The van der Waals surface area contributed by atoms with Crippen LogP contribution in [0.2, 0.25) is 0 Å². The van der Waals surface area contributed by atoms with Gasteiger partial charge in [-0.3, -0.25) is 0 Å². The molecule has 1 N–H and O–H groups in total. The quantitative estimate of drug-likeness (QED) is 0.915. The molecule has 1 aromatic carbocycles. The van der Waals surface area contributed by atoms with Gasteiger partial charge in [0.2, 0.25) is 5.89 Å². The summed E-state index contributed by atoms with van der Waals surface area (Å²) in [6, 6.07) is 10.6. The van der Waals surface area contributed by atoms with Gasteiger partial charge in [0.1, 0.15) is 0 Å². The number of likely N-dealkylation sites (N-methyl/N-ethyl adjacent to an activating group) is 1. The molecule has 1 aliphatic rings. The van der Waals surface area contributed by atoms with Crippen molar-refractivity contribution in [1.29, 1.82) is 0 Å². The van der Waals surface area contributed by atoms with E-state index >= 15 is 0 Å². The Hall–Kier alpha value is -1.33. The summed E-state index contributed by atoms with van der Waals surface area (Å²) in [5, 5.41) is 7.93. The molecule has 0 spiro atoms. The Morgan fingerprint density at radius 1 is 1.33 bits per heavy atom. The Kier molecular flexibility index (Phi) is 4.93. The molecular weight excluding hydrogens is 282 g/mol. The predicted molar refractivity (Wildman–Crippen MR) is 85.3 cm³/mol. The molecule has 2 atom stereocenters. The summed E-state index contributed by atoms with van der Waals surface area (Å²) in [5.41, 5.74) is 1.24. The lowest BCUT2D eigenvalue weighted by molar-refractivity contribution is 0.357. The minimum absolute atomic E-state index is 0.207. The molecule has 0 aliphatic carbocycles. The topological polar surface area (TPSA) is 51.0 Å². The summed E-state index contributed by atoms with van der Waals surface area (Å²) in [6.45, 7) is 0. The molecule has 0 bridgehead atoms. The molecule has 1 aromatic heterocycles. The van der Waals surface area contributed by atoms with E-state index in [1.807, 2.05) is 24.9 Å². The van der Waals surface area contributed by atoms with Crippen LogP contribution < -0.4 is 5.32 Å². The minimum Gasteiger partial charge on any atom is -0.339 e. The van der Waals surface area contributed by atoms with Crippen LogP contribution in [0.1, 0.15) is 47.8 Å². The molecule has 0 radical (unpaired) electrons. The fourth-order valence-electron chi connectivity index (χ4n) is 2.67. The van der Waals surface area contributed by atoms with Crippen molar-refractivity contribution < 1.29 is 4.52 Å². The molecule has 0 amide bonds. The van der Waals surface area contributed by atoms with Gasteiger partial charge >= 0.3 is 0 Å². The number of hydrogen-bond acceptors (Lipinski definition) is 5. The Morgan fingerprint density at radius 3 is 2.90 bits per heavy atom. The van der Waals surface area contributed by atoms with Crippen molar-refractivity contribution in [2.24, 2.45) is 0 Å². The van der Waals surface area contributed by atoms with Crippen molar-refractivity contribution in [3.05, 3.63) is 47.6 Å². The molecule has 2 unspecified atom stereocenters. The maximum Gasteiger partial charge on any atom is 0.228 e. The molecule has 0 saturated carbocycles. The lowest BCUT2D eigenvalue weighted by Crippen LogP contribution is -2.19. The fourth-order valence-corrected chi connectivity index (χ4v) is 3.91. The van der Waals surface area contributed by atoms with Gasteiger partial charge < -0.3 is 9.84 Å². The maximum atomic E-state index is 5.46. The number of aromatic nitrogens is 2. The van der Waals surface area contributed by atoms with E-state index in [0.29, 0.717) is 5.25 Å². The Balaban J connectivity index is 1.68. The standard InChI is InChI=1S/C16H21N3OS/c1-17-13(12-7-3-2-4-8-12)11-15-18-16(19-20-15)14-9-5-6-10-21-14/h2-4,7-8,13-14,17H,5-6,9-11H2,1H3. The van der Waals surface area contributed by atoms with Gasteiger partial charge in [-0.15, -0.1) is 0 Å². The Labute approximate surface area is 129 Å². The average molecular weight is 303 g/mol. The molecule has 112 valence electrons. The smallest absolute Gasteiger partial charge is 0.228 e. The van der Waals surface area contributed by atoms with Crippen LogP contribution in [-0.2, 0) is 6.42 Å². The van der Waals surface area contributed by atoms with Crippen molar-refractivity contribution >= 4 is 11.8 Å². The van der Waals surface area contributed by atoms with Gasteiger partial charge in [-0.25, -0.2) is 0 Å². The zero-order valence-electron chi connectivity index (χ0n) is 12.3. The first-order valence-corrected chi connectivity index (χ1v) is 8.58. The molecule has 4 nitrogen and oxygen atoms in total. The molecule has 21 heavy (non-hydrogen) atoms. The minimum atomic E-state index is 0.207. The van der Waals surface area contributed by atoms with Gasteiger partial charge in [-0.2, -0.15) is 16.7 Å². The van der Waals surface area contributed by atoms with Crippen molar-refractivity contribution in [1.82, 2.24) is 15.5 Å². The van der Waals surface area contributed by atoms with E-state index in [2.05, 4.69) is 39.7 Å². The summed E-state index contributed by atoms with van der Waals surface area (Å²) in [5.74, 6) is 2.80. The highest BCUT2D eigenvalue weighted by Crippen LogP contribution is 2.36. The highest BCUT2D eigenvalue weighted by molar-refractivity contribution is 7.99. The SMILES string of the molecule is CNC(Cc1nc(C2CCCCS2)no1)c1ccccc1. The van der Waals surface area contributed by atoms with Gasteiger partial charge in [-0.05, 0) is 31.2 Å². The van der Waals surface area contributed by atoms with Crippen LogP contribution >= 0.6 is 11.8 Å². The van der Waals surface area contributed by atoms with Gasteiger partial charge in [-0.1, -0.05) is 41.9 Å². The normalized spacial score (nSPS) is 20.3. The summed E-state index contributed by atoms with van der Waals surface area (Å²) in [6.07, 6.45) is 4.47. The summed E-state index contributed by atoms with van der Waals surface area (Å²) in [4.78, 5) is 4.61. The van der Waals surface area contributed by atoms with Crippen molar-refractivity contribution in [3.63, 3.8) is 0 Å². The second-order valence-electron chi connectivity index (χ2n) is 5.36. The third kappa shape index (κ3) is 3.66. The zero-order chi connectivity index (χ0) is 14.5. The van der Waals surface area contributed by atoms with Gasteiger partial charge in [0.05, 0.1) is 5.25 Å². The molecule has 5 heteroatoms. The number of benzene rings is 1. The monoisotopic (exact) mass is 303 g/mol. The molecule has 3 rings (SSSR count). The molecule has 1 fully saturated rings. The summed E-state index contributed by atoms with van der Waals surface area (Å²) >= 11 is 1.95. The van der Waals surface area contributed by atoms with Gasteiger partial charge in [0, 0.05) is 12.5 Å². The number of rotatable bonds is 5. The Bertz CT molecular complexity index is 552. The van der Waals surface area contributed by atoms with Crippen LogP contribution in [-0.4, -0.2) is 22.9 Å². The lowest BCUT2D eigenvalue weighted by Gasteiger charge is -2.17. The first kappa shape index (κ1) is 14.6.